The zero-order valence-electron chi connectivity index (χ0n) is 11.1. The first kappa shape index (κ1) is 13.7. The maximum Gasteiger partial charge on any atom is 0.154 e. The summed E-state index contributed by atoms with van der Waals surface area (Å²) in [6, 6.07) is 3.42. The largest absolute Gasteiger partial charge is 0.370 e. The molecule has 0 bridgehead atoms. The molecule has 0 amide bonds. The number of nitrogens with zero attached hydrogens (tertiary/aromatic N) is 2. The fourth-order valence-electron chi connectivity index (χ4n) is 2.68. The monoisotopic (exact) mass is 339 g/mol. The van der Waals surface area contributed by atoms with Gasteiger partial charge in [-0.1, -0.05) is 22.0 Å². The number of H-pyrrole nitrogens is 1. The van der Waals surface area contributed by atoms with Gasteiger partial charge >= 0.3 is 0 Å². The molecule has 1 aliphatic rings. The molecule has 6 heteroatoms. The van der Waals surface area contributed by atoms with E-state index in [4.69, 9.17) is 4.74 Å². The number of hydrogen-bond donors (Lipinski definition) is 1. The highest BCUT2D eigenvalue weighted by molar-refractivity contribution is 9.10. The average Bonchev–Trinajstić information content (AvgIpc) is 2.97. The van der Waals surface area contributed by atoms with E-state index in [0.29, 0.717) is 18.0 Å². The molecule has 4 nitrogen and oxygen atoms in total. The number of benzene rings is 1. The Labute approximate surface area is 124 Å². The molecule has 2 unspecified atom stereocenters. The molecule has 2 aromatic rings. The molecule has 2 heterocycles. The molecule has 2 atom stereocenters. The van der Waals surface area contributed by atoms with Crippen molar-refractivity contribution in [2.45, 2.75) is 31.8 Å². The highest BCUT2D eigenvalue weighted by Gasteiger charge is 2.32. The third-order valence-corrected chi connectivity index (χ3v) is 4.56. The molecule has 20 heavy (non-hydrogen) atoms. The molecule has 3 rings (SSSR count). The van der Waals surface area contributed by atoms with Crippen molar-refractivity contribution >= 4 is 15.9 Å². The zero-order valence-corrected chi connectivity index (χ0v) is 12.7. The number of rotatable bonds is 2. The van der Waals surface area contributed by atoms with Crippen LogP contribution in [0.3, 0.4) is 0 Å². The van der Waals surface area contributed by atoms with Crippen LogP contribution < -0.4 is 0 Å². The van der Waals surface area contributed by atoms with Gasteiger partial charge in [-0.05, 0) is 37.0 Å². The molecule has 0 spiro atoms. The van der Waals surface area contributed by atoms with E-state index in [1.807, 2.05) is 13.0 Å². The molecule has 0 radical (unpaired) electrons. The molecular formula is C14H15BrFN3O. The molecule has 1 saturated heterocycles. The van der Waals surface area contributed by atoms with E-state index in [2.05, 4.69) is 31.1 Å². The van der Waals surface area contributed by atoms with Crippen LogP contribution in [0.4, 0.5) is 4.39 Å². The Morgan fingerprint density at radius 3 is 3.05 bits per heavy atom. The molecule has 1 fully saturated rings. The van der Waals surface area contributed by atoms with Gasteiger partial charge in [-0.3, -0.25) is 5.10 Å². The second-order valence-electron chi connectivity index (χ2n) is 5.03. The average molecular weight is 340 g/mol. The predicted octanol–water partition coefficient (Wildman–Crippen LogP) is 3.65. The number of aryl methyl sites for hydroxylation is 1. The van der Waals surface area contributed by atoms with Crippen molar-refractivity contribution in [1.82, 2.24) is 15.2 Å². The van der Waals surface area contributed by atoms with Crippen LogP contribution in [0, 0.1) is 12.7 Å². The van der Waals surface area contributed by atoms with Crippen molar-refractivity contribution in [3.63, 3.8) is 0 Å². The Kier molecular flexibility index (Phi) is 3.85. The Hall–Kier alpha value is -1.27. The summed E-state index contributed by atoms with van der Waals surface area (Å²) in [5.74, 6) is 0.417. The first-order valence-electron chi connectivity index (χ1n) is 6.59. The van der Waals surface area contributed by atoms with Crippen LogP contribution in [0.1, 0.15) is 41.8 Å². The lowest BCUT2D eigenvalue weighted by Gasteiger charge is -2.31. The first-order chi connectivity index (χ1) is 9.66. The summed E-state index contributed by atoms with van der Waals surface area (Å²) in [4.78, 5) is 4.16. The number of halogens is 2. The van der Waals surface area contributed by atoms with Crippen molar-refractivity contribution in [1.29, 1.82) is 0 Å². The van der Waals surface area contributed by atoms with Gasteiger partial charge in [-0.2, -0.15) is 5.10 Å². The minimum atomic E-state index is -0.263. The summed E-state index contributed by atoms with van der Waals surface area (Å²) in [7, 11) is 0. The number of aromatic nitrogens is 3. The van der Waals surface area contributed by atoms with Gasteiger partial charge in [0.1, 0.15) is 18.2 Å². The maximum absolute atomic E-state index is 14.3. The van der Waals surface area contributed by atoms with E-state index < -0.39 is 0 Å². The second-order valence-corrected chi connectivity index (χ2v) is 5.89. The van der Waals surface area contributed by atoms with E-state index in [-0.39, 0.29) is 17.8 Å². The molecule has 106 valence electrons. The van der Waals surface area contributed by atoms with Gasteiger partial charge in [0.25, 0.3) is 0 Å². The number of ether oxygens (including phenoxy) is 1. The topological polar surface area (TPSA) is 50.8 Å². The van der Waals surface area contributed by atoms with E-state index in [1.165, 1.54) is 12.4 Å². The van der Waals surface area contributed by atoms with E-state index >= 15 is 0 Å². The highest BCUT2D eigenvalue weighted by Crippen LogP contribution is 2.41. The van der Waals surface area contributed by atoms with Gasteiger partial charge in [-0.25, -0.2) is 9.37 Å². The molecule has 0 aliphatic carbocycles. The molecule has 1 N–H and O–H groups in total. The van der Waals surface area contributed by atoms with Gasteiger partial charge in [0.15, 0.2) is 5.82 Å². The third-order valence-electron chi connectivity index (χ3n) is 3.70. The lowest BCUT2D eigenvalue weighted by atomic mass is 9.86. The minimum Gasteiger partial charge on any atom is -0.370 e. The molecule has 1 aromatic heterocycles. The Morgan fingerprint density at radius 2 is 2.30 bits per heavy atom. The molecule has 1 aliphatic heterocycles. The van der Waals surface area contributed by atoms with Crippen molar-refractivity contribution in [2.24, 2.45) is 0 Å². The Bertz CT molecular complexity index is 603. The SMILES string of the molecule is Cc1cc(C2CCCOC2c2ncn[nH]2)c(F)cc1Br. The van der Waals surface area contributed by atoms with Gasteiger partial charge in [0.2, 0.25) is 0 Å². The number of hydrogen-bond acceptors (Lipinski definition) is 3. The fourth-order valence-corrected chi connectivity index (χ4v) is 3.00. The van der Waals surface area contributed by atoms with Crippen LogP contribution >= 0.6 is 15.9 Å². The van der Waals surface area contributed by atoms with Gasteiger partial charge in [0.05, 0.1) is 0 Å². The van der Waals surface area contributed by atoms with E-state index in [1.54, 1.807) is 0 Å². The molecule has 1 aromatic carbocycles. The van der Waals surface area contributed by atoms with Crippen LogP contribution in [0.2, 0.25) is 0 Å². The fraction of sp³-hybridized carbons (Fsp3) is 0.429. The van der Waals surface area contributed by atoms with Gasteiger partial charge < -0.3 is 4.74 Å². The van der Waals surface area contributed by atoms with E-state index in [9.17, 15) is 4.39 Å². The predicted molar refractivity (Wildman–Crippen MR) is 75.9 cm³/mol. The number of aromatic amines is 1. The third kappa shape index (κ3) is 2.50. The first-order valence-corrected chi connectivity index (χ1v) is 7.38. The van der Waals surface area contributed by atoms with Crippen LogP contribution in [0.5, 0.6) is 0 Å². The smallest absolute Gasteiger partial charge is 0.154 e. The van der Waals surface area contributed by atoms with Crippen LogP contribution in [0.25, 0.3) is 0 Å². The molecular weight excluding hydrogens is 325 g/mol. The van der Waals surface area contributed by atoms with Gasteiger partial charge in [0, 0.05) is 17.0 Å². The molecule has 0 saturated carbocycles. The number of nitrogens with one attached hydrogen (secondary N) is 1. The van der Waals surface area contributed by atoms with Crippen molar-refractivity contribution in [2.75, 3.05) is 6.61 Å². The highest BCUT2D eigenvalue weighted by atomic mass is 79.9. The van der Waals surface area contributed by atoms with Crippen LogP contribution in [-0.2, 0) is 4.74 Å². The summed E-state index contributed by atoms with van der Waals surface area (Å²) in [6.07, 6.45) is 2.99. The quantitative estimate of drug-likeness (QED) is 0.908. The maximum atomic E-state index is 14.3. The summed E-state index contributed by atoms with van der Waals surface area (Å²) >= 11 is 3.36. The summed E-state index contributed by atoms with van der Waals surface area (Å²) in [6.45, 7) is 2.62. The summed E-state index contributed by atoms with van der Waals surface area (Å²) < 4.78 is 20.9. The van der Waals surface area contributed by atoms with Crippen molar-refractivity contribution < 1.29 is 9.13 Å². The summed E-state index contributed by atoms with van der Waals surface area (Å²) in [5, 5.41) is 6.70. The minimum absolute atomic E-state index is 0.0384. The lowest BCUT2D eigenvalue weighted by molar-refractivity contribution is -0.00826. The normalized spacial score (nSPS) is 22.9. The second kappa shape index (κ2) is 5.61. The van der Waals surface area contributed by atoms with Gasteiger partial charge in [-0.15, -0.1) is 0 Å². The Balaban J connectivity index is 2.00. The standard InChI is InChI=1S/C14H15BrFN3O/c1-8-5-10(12(16)6-11(8)15)9-3-2-4-20-13(9)14-17-7-18-19-14/h5-7,9,13H,2-4H2,1H3,(H,17,18,19). The van der Waals surface area contributed by atoms with Crippen LogP contribution in [0.15, 0.2) is 22.9 Å². The summed E-state index contributed by atoms with van der Waals surface area (Å²) in [5.41, 5.74) is 1.70. The van der Waals surface area contributed by atoms with Crippen LogP contribution in [-0.4, -0.2) is 21.8 Å². The van der Waals surface area contributed by atoms with Crippen molar-refractivity contribution in [3.8, 4) is 0 Å². The van der Waals surface area contributed by atoms with E-state index in [0.717, 1.165) is 22.9 Å². The Morgan fingerprint density at radius 1 is 1.45 bits per heavy atom. The lowest BCUT2D eigenvalue weighted by Crippen LogP contribution is -2.23. The zero-order chi connectivity index (χ0) is 14.1. The van der Waals surface area contributed by atoms with Crippen molar-refractivity contribution in [3.05, 3.63) is 45.7 Å².